The van der Waals surface area contributed by atoms with Crippen LogP contribution in [0.3, 0.4) is 0 Å². The molecule has 0 fully saturated rings. The molecule has 1 rings (SSSR count). The second-order valence-corrected chi connectivity index (χ2v) is 6.25. The quantitative estimate of drug-likeness (QED) is 0.710. The molecule has 0 saturated carbocycles. The second kappa shape index (κ2) is 6.27. The van der Waals surface area contributed by atoms with Gasteiger partial charge in [0.25, 0.3) is 0 Å². The Hall–Kier alpha value is -0.730. The van der Waals surface area contributed by atoms with Gasteiger partial charge in [0.2, 0.25) is 10.0 Å². The van der Waals surface area contributed by atoms with Gasteiger partial charge in [-0.2, -0.15) is 16.9 Å². The van der Waals surface area contributed by atoms with Crippen LogP contribution in [-0.4, -0.2) is 36.8 Å². The number of nitrogens with zero attached hydrogens (tertiary/aromatic N) is 2. The van der Waals surface area contributed by atoms with Crippen molar-refractivity contribution in [1.82, 2.24) is 14.5 Å². The molecule has 0 aliphatic heterocycles. The monoisotopic (exact) mass is 278 g/mol. The van der Waals surface area contributed by atoms with Crippen LogP contribution in [0.4, 0.5) is 5.82 Å². The number of rotatable bonds is 7. The predicted molar refractivity (Wildman–Crippen MR) is 70.5 cm³/mol. The fourth-order valence-electron chi connectivity index (χ4n) is 1.32. The van der Waals surface area contributed by atoms with E-state index in [-0.39, 0.29) is 10.7 Å². The van der Waals surface area contributed by atoms with Gasteiger partial charge in [-0.1, -0.05) is 6.92 Å². The summed E-state index contributed by atoms with van der Waals surface area (Å²) in [5, 5.41) is 3.96. The summed E-state index contributed by atoms with van der Waals surface area (Å²) in [5.41, 5.74) is 5.61. The lowest BCUT2D eigenvalue weighted by Crippen LogP contribution is -2.26. The predicted octanol–water partition coefficient (Wildman–Crippen LogP) is 0.517. The zero-order chi connectivity index (χ0) is 12.9. The van der Waals surface area contributed by atoms with Crippen molar-refractivity contribution >= 4 is 27.6 Å². The van der Waals surface area contributed by atoms with Crippen molar-refractivity contribution in [3.63, 3.8) is 0 Å². The van der Waals surface area contributed by atoms with Crippen LogP contribution in [0.5, 0.6) is 0 Å². The maximum atomic E-state index is 11.9. The van der Waals surface area contributed by atoms with Gasteiger partial charge in [0.1, 0.15) is 4.90 Å². The first-order valence-electron chi connectivity index (χ1n) is 5.32. The molecule has 3 N–H and O–H groups in total. The molecular weight excluding hydrogens is 260 g/mol. The highest BCUT2D eigenvalue weighted by Crippen LogP contribution is 2.16. The van der Waals surface area contributed by atoms with Gasteiger partial charge in [0.15, 0.2) is 5.82 Å². The van der Waals surface area contributed by atoms with Gasteiger partial charge in [-0.3, -0.25) is 4.68 Å². The Morgan fingerprint density at radius 3 is 2.88 bits per heavy atom. The number of hydrogen-bond donors (Lipinski definition) is 2. The van der Waals surface area contributed by atoms with Crippen LogP contribution >= 0.6 is 11.8 Å². The number of aryl methyl sites for hydroxylation is 1. The molecule has 98 valence electrons. The number of anilines is 1. The maximum absolute atomic E-state index is 11.9. The van der Waals surface area contributed by atoms with E-state index in [1.54, 1.807) is 16.4 Å². The van der Waals surface area contributed by atoms with E-state index in [0.717, 1.165) is 12.2 Å². The summed E-state index contributed by atoms with van der Waals surface area (Å²) in [5.74, 6) is 0.775. The van der Waals surface area contributed by atoms with Gasteiger partial charge in [-0.15, -0.1) is 0 Å². The van der Waals surface area contributed by atoms with E-state index < -0.39 is 10.0 Å². The molecule has 0 spiro atoms. The summed E-state index contributed by atoms with van der Waals surface area (Å²) in [6.07, 6.45) is 4.27. The first kappa shape index (κ1) is 14.3. The number of nitrogens with two attached hydrogens (primary N) is 1. The molecule has 0 aliphatic rings. The smallest absolute Gasteiger partial charge is 0.245 e. The third-order valence-corrected chi connectivity index (χ3v) is 4.19. The highest BCUT2D eigenvalue weighted by molar-refractivity contribution is 7.98. The summed E-state index contributed by atoms with van der Waals surface area (Å²) < 4.78 is 27.8. The minimum atomic E-state index is -3.53. The lowest BCUT2D eigenvalue weighted by molar-refractivity contribution is 0.582. The van der Waals surface area contributed by atoms with Gasteiger partial charge < -0.3 is 5.73 Å². The van der Waals surface area contributed by atoms with Gasteiger partial charge in [-0.25, -0.2) is 13.1 Å². The van der Waals surface area contributed by atoms with Gasteiger partial charge in [-0.05, 0) is 12.7 Å². The summed E-state index contributed by atoms with van der Waals surface area (Å²) in [7, 11) is -3.53. The van der Waals surface area contributed by atoms with E-state index in [1.165, 1.54) is 6.20 Å². The van der Waals surface area contributed by atoms with Crippen molar-refractivity contribution in [1.29, 1.82) is 0 Å². The molecule has 1 aromatic rings. The lowest BCUT2D eigenvalue weighted by atomic mass is 10.5. The fourth-order valence-corrected chi connectivity index (χ4v) is 2.86. The number of aromatic nitrogens is 2. The second-order valence-electron chi connectivity index (χ2n) is 3.53. The van der Waals surface area contributed by atoms with Crippen molar-refractivity contribution in [2.45, 2.75) is 24.8 Å². The summed E-state index contributed by atoms with van der Waals surface area (Å²) in [6, 6.07) is 0. The minimum Gasteiger partial charge on any atom is -0.381 e. The number of thioether (sulfide) groups is 1. The van der Waals surface area contributed by atoms with Crippen LogP contribution < -0.4 is 10.5 Å². The molecule has 6 nitrogen and oxygen atoms in total. The number of nitrogen functional groups attached to an aromatic ring is 1. The number of nitrogens with one attached hydrogen (secondary N) is 1. The molecular formula is C9H18N4O2S2. The summed E-state index contributed by atoms with van der Waals surface area (Å²) >= 11 is 1.58. The Labute approximate surface area is 106 Å². The average Bonchev–Trinajstić information content (AvgIpc) is 2.61. The Balaban J connectivity index is 2.83. The third kappa shape index (κ3) is 3.90. The first-order valence-corrected chi connectivity index (χ1v) is 8.20. The van der Waals surface area contributed by atoms with Crippen molar-refractivity contribution < 1.29 is 8.42 Å². The van der Waals surface area contributed by atoms with Gasteiger partial charge in [0, 0.05) is 25.0 Å². The van der Waals surface area contributed by atoms with Gasteiger partial charge in [0.05, 0.1) is 0 Å². The van der Waals surface area contributed by atoms with Crippen molar-refractivity contribution in [3.8, 4) is 0 Å². The molecule has 8 heteroatoms. The summed E-state index contributed by atoms with van der Waals surface area (Å²) in [6.45, 7) is 3.04. The van der Waals surface area contributed by atoms with E-state index >= 15 is 0 Å². The molecule has 1 aromatic heterocycles. The van der Waals surface area contributed by atoms with Crippen LogP contribution in [0.15, 0.2) is 11.1 Å². The molecule has 0 atom stereocenters. The molecule has 0 amide bonds. The maximum Gasteiger partial charge on any atom is 0.245 e. The van der Waals surface area contributed by atoms with E-state index in [4.69, 9.17) is 5.73 Å². The molecule has 0 aromatic carbocycles. The molecule has 0 aliphatic carbocycles. The Morgan fingerprint density at radius 1 is 1.59 bits per heavy atom. The zero-order valence-electron chi connectivity index (χ0n) is 10.0. The van der Waals surface area contributed by atoms with Crippen LogP contribution in [0.1, 0.15) is 13.3 Å². The topological polar surface area (TPSA) is 90.0 Å². The zero-order valence-corrected chi connectivity index (χ0v) is 11.6. The number of hydrogen-bond acceptors (Lipinski definition) is 5. The Kier molecular flexibility index (Phi) is 5.29. The van der Waals surface area contributed by atoms with Crippen molar-refractivity contribution in [2.24, 2.45) is 0 Å². The van der Waals surface area contributed by atoms with E-state index in [2.05, 4.69) is 9.82 Å². The van der Waals surface area contributed by atoms with Gasteiger partial charge >= 0.3 is 0 Å². The van der Waals surface area contributed by atoms with Crippen molar-refractivity contribution in [2.75, 3.05) is 24.3 Å². The number of sulfonamides is 1. The molecule has 0 radical (unpaired) electrons. The molecule has 0 unspecified atom stereocenters. The van der Waals surface area contributed by atoms with Crippen LogP contribution in [0.25, 0.3) is 0 Å². The molecule has 0 bridgehead atoms. The fraction of sp³-hybridized carbons (Fsp3) is 0.667. The first-order chi connectivity index (χ1) is 8.01. The van der Waals surface area contributed by atoms with Crippen LogP contribution in [0.2, 0.25) is 0 Å². The molecule has 0 saturated heterocycles. The summed E-state index contributed by atoms with van der Waals surface area (Å²) in [4.78, 5) is 0.0621. The molecule has 17 heavy (non-hydrogen) atoms. The normalized spacial score (nSPS) is 11.9. The lowest BCUT2D eigenvalue weighted by Gasteiger charge is -2.03. The minimum absolute atomic E-state index is 0.0510. The average molecular weight is 278 g/mol. The van der Waals surface area contributed by atoms with Crippen LogP contribution in [0, 0.1) is 0 Å². The Bertz CT molecular complexity index is 456. The van der Waals surface area contributed by atoms with Crippen molar-refractivity contribution in [3.05, 3.63) is 6.20 Å². The highest BCUT2D eigenvalue weighted by Gasteiger charge is 2.20. The largest absolute Gasteiger partial charge is 0.381 e. The van der Waals surface area contributed by atoms with E-state index in [9.17, 15) is 8.42 Å². The SMILES string of the molecule is CCCn1cc(S(=O)(=O)NCCSC)c(N)n1. The third-order valence-electron chi connectivity index (χ3n) is 2.10. The van der Waals surface area contributed by atoms with E-state index in [1.807, 2.05) is 13.2 Å². The van der Waals surface area contributed by atoms with Crippen LogP contribution in [-0.2, 0) is 16.6 Å². The standard InChI is InChI=1S/C9H18N4O2S2/c1-3-5-13-7-8(9(10)12-13)17(14,15)11-4-6-16-2/h7,11H,3-6H2,1-2H3,(H2,10,12). The highest BCUT2D eigenvalue weighted by atomic mass is 32.2. The molecule has 1 heterocycles. The van der Waals surface area contributed by atoms with E-state index in [0.29, 0.717) is 13.1 Å². The Morgan fingerprint density at radius 2 is 2.29 bits per heavy atom.